The third kappa shape index (κ3) is 3.47. The van der Waals surface area contributed by atoms with Gasteiger partial charge in [-0.3, -0.25) is 0 Å². The van der Waals surface area contributed by atoms with Crippen molar-refractivity contribution < 1.29 is 17.9 Å². The van der Waals surface area contributed by atoms with Gasteiger partial charge in [-0.2, -0.15) is 0 Å². The minimum atomic E-state index is -0.914. The highest BCUT2D eigenvalue weighted by Crippen LogP contribution is 2.54. The first-order chi connectivity index (χ1) is 15.5. The number of allylic oxidation sites excluding steroid dienone is 1. The largest absolute Gasteiger partial charge is 0.491 e. The predicted molar refractivity (Wildman–Crippen MR) is 122 cm³/mol. The van der Waals surface area contributed by atoms with Crippen molar-refractivity contribution in [1.29, 1.82) is 0 Å². The van der Waals surface area contributed by atoms with Crippen LogP contribution in [-0.2, 0) is 0 Å². The Morgan fingerprint density at radius 1 is 0.844 bits per heavy atom. The molecule has 0 N–H and O–H groups in total. The van der Waals surface area contributed by atoms with E-state index in [1.54, 1.807) is 25.1 Å². The standard InChI is InChI=1S/C28H31F3O/c1-3-16-5-7-17(8-6-16)18-9-11-19(12-10-18)21-15-22-20-13-14-23(32-4-2)27(30)24(20)25(22)28(31)26(21)29/h3,13-19H,1,4-12H2,2H3. The van der Waals surface area contributed by atoms with E-state index in [0.717, 1.165) is 31.6 Å². The van der Waals surface area contributed by atoms with Gasteiger partial charge in [0, 0.05) is 11.1 Å². The van der Waals surface area contributed by atoms with Crippen LogP contribution in [0.15, 0.2) is 30.9 Å². The van der Waals surface area contributed by atoms with Crippen LogP contribution in [0.5, 0.6) is 5.75 Å². The molecule has 0 amide bonds. The van der Waals surface area contributed by atoms with Gasteiger partial charge in [0.2, 0.25) is 0 Å². The fourth-order valence-electron chi connectivity index (χ4n) is 6.38. The molecule has 0 saturated heterocycles. The van der Waals surface area contributed by atoms with E-state index >= 15 is 8.78 Å². The molecule has 2 aromatic rings. The number of hydrogen-bond acceptors (Lipinski definition) is 1. The van der Waals surface area contributed by atoms with Gasteiger partial charge in [-0.15, -0.1) is 6.58 Å². The Morgan fingerprint density at radius 2 is 1.47 bits per heavy atom. The third-order valence-electron chi connectivity index (χ3n) is 8.21. The lowest BCUT2D eigenvalue weighted by atomic mass is 9.67. The van der Waals surface area contributed by atoms with Crippen LogP contribution in [0.25, 0.3) is 22.3 Å². The van der Waals surface area contributed by atoms with Crippen LogP contribution >= 0.6 is 0 Å². The molecule has 0 heterocycles. The second kappa shape index (κ2) is 8.61. The highest BCUT2D eigenvalue weighted by atomic mass is 19.2. The van der Waals surface area contributed by atoms with Gasteiger partial charge in [0.1, 0.15) is 0 Å². The smallest absolute Gasteiger partial charge is 0.173 e. The molecule has 1 nitrogen and oxygen atoms in total. The maximum absolute atomic E-state index is 15.1. The Kier molecular flexibility index (Phi) is 5.81. The molecule has 0 aliphatic heterocycles. The highest BCUT2D eigenvalue weighted by Gasteiger charge is 2.37. The third-order valence-corrected chi connectivity index (χ3v) is 8.21. The van der Waals surface area contributed by atoms with E-state index < -0.39 is 17.5 Å². The molecule has 0 aromatic heterocycles. The van der Waals surface area contributed by atoms with Gasteiger partial charge in [0.15, 0.2) is 23.2 Å². The summed E-state index contributed by atoms with van der Waals surface area (Å²) in [4.78, 5) is 0. The van der Waals surface area contributed by atoms with E-state index in [1.165, 1.54) is 25.7 Å². The summed E-state index contributed by atoms with van der Waals surface area (Å²) in [6, 6.07) is 5.10. The molecular formula is C28H31F3O. The molecule has 5 rings (SSSR count). The maximum atomic E-state index is 15.1. The summed E-state index contributed by atoms with van der Waals surface area (Å²) >= 11 is 0. The van der Waals surface area contributed by atoms with Gasteiger partial charge in [-0.1, -0.05) is 6.08 Å². The van der Waals surface area contributed by atoms with Gasteiger partial charge < -0.3 is 4.74 Å². The van der Waals surface area contributed by atoms with Crippen molar-refractivity contribution in [2.45, 2.75) is 64.2 Å². The number of hydrogen-bond donors (Lipinski definition) is 0. The molecule has 0 spiro atoms. The molecule has 3 aliphatic carbocycles. The minimum absolute atomic E-state index is 0.0344. The Balaban J connectivity index is 1.33. The molecule has 32 heavy (non-hydrogen) atoms. The predicted octanol–water partition coefficient (Wildman–Crippen LogP) is 8.42. The van der Waals surface area contributed by atoms with Crippen LogP contribution in [0, 0.1) is 35.2 Å². The summed E-state index contributed by atoms with van der Waals surface area (Å²) in [6.07, 6.45) is 11.0. The van der Waals surface area contributed by atoms with Gasteiger partial charge in [-0.05, 0) is 117 Å². The molecular weight excluding hydrogens is 409 g/mol. The van der Waals surface area contributed by atoms with Crippen LogP contribution < -0.4 is 4.74 Å². The first-order valence-corrected chi connectivity index (χ1v) is 12.1. The molecule has 170 valence electrons. The van der Waals surface area contributed by atoms with E-state index in [1.807, 2.05) is 0 Å². The topological polar surface area (TPSA) is 9.23 Å². The molecule has 0 radical (unpaired) electrons. The van der Waals surface area contributed by atoms with Crippen LogP contribution in [0.2, 0.25) is 0 Å². The first kappa shape index (κ1) is 21.6. The molecule has 2 saturated carbocycles. The molecule has 2 aromatic carbocycles. The van der Waals surface area contributed by atoms with Crippen LogP contribution in [0.4, 0.5) is 13.2 Å². The summed E-state index contributed by atoms with van der Waals surface area (Å²) in [5.41, 5.74) is 1.95. The number of rotatable bonds is 5. The zero-order valence-corrected chi connectivity index (χ0v) is 18.7. The van der Waals surface area contributed by atoms with Crippen molar-refractivity contribution in [3.8, 4) is 28.0 Å². The van der Waals surface area contributed by atoms with E-state index in [-0.39, 0.29) is 22.8 Å². The summed E-state index contributed by atoms with van der Waals surface area (Å²) in [5, 5.41) is 0. The van der Waals surface area contributed by atoms with E-state index in [4.69, 9.17) is 4.74 Å². The molecule has 0 atom stereocenters. The number of halogens is 3. The Bertz CT molecular complexity index is 1030. The van der Waals surface area contributed by atoms with E-state index in [0.29, 0.717) is 35.1 Å². The normalized spacial score (nSPS) is 26.6. The zero-order valence-electron chi connectivity index (χ0n) is 18.7. The van der Waals surface area contributed by atoms with Gasteiger partial charge in [0.05, 0.1) is 6.61 Å². The van der Waals surface area contributed by atoms with Crippen molar-refractivity contribution in [2.75, 3.05) is 6.61 Å². The maximum Gasteiger partial charge on any atom is 0.173 e. The Hall–Kier alpha value is -2.23. The molecule has 3 aliphatic rings. The molecule has 0 bridgehead atoms. The van der Waals surface area contributed by atoms with Crippen LogP contribution in [-0.4, -0.2) is 6.61 Å². The van der Waals surface area contributed by atoms with E-state index in [9.17, 15) is 4.39 Å². The summed E-state index contributed by atoms with van der Waals surface area (Å²) in [5.74, 6) is -0.0706. The quantitative estimate of drug-likeness (QED) is 0.362. The monoisotopic (exact) mass is 440 g/mol. The number of fused-ring (bicyclic) bond motifs is 4. The average molecular weight is 441 g/mol. The van der Waals surface area contributed by atoms with Crippen molar-refractivity contribution in [3.05, 3.63) is 53.9 Å². The summed E-state index contributed by atoms with van der Waals surface area (Å²) < 4.78 is 50.3. The molecule has 4 heteroatoms. The number of benzene rings is 2. The average Bonchev–Trinajstić information content (AvgIpc) is 2.81. The second-order valence-electron chi connectivity index (χ2n) is 9.77. The second-order valence-corrected chi connectivity index (χ2v) is 9.77. The van der Waals surface area contributed by atoms with Gasteiger partial charge in [-0.25, -0.2) is 13.2 Å². The molecule has 0 unspecified atom stereocenters. The zero-order chi connectivity index (χ0) is 22.4. The van der Waals surface area contributed by atoms with Crippen molar-refractivity contribution in [2.24, 2.45) is 17.8 Å². The van der Waals surface area contributed by atoms with Crippen LogP contribution in [0.3, 0.4) is 0 Å². The van der Waals surface area contributed by atoms with Crippen molar-refractivity contribution >= 4 is 0 Å². The van der Waals surface area contributed by atoms with E-state index in [2.05, 4.69) is 12.7 Å². The summed E-state index contributed by atoms with van der Waals surface area (Å²) in [6.45, 7) is 6.02. The fourth-order valence-corrected chi connectivity index (χ4v) is 6.38. The van der Waals surface area contributed by atoms with Crippen molar-refractivity contribution in [3.63, 3.8) is 0 Å². The lowest BCUT2D eigenvalue weighted by molar-refractivity contribution is 0.171. The number of ether oxygens (including phenoxy) is 1. The van der Waals surface area contributed by atoms with Crippen LogP contribution in [0.1, 0.15) is 69.8 Å². The molecule has 2 fully saturated rings. The van der Waals surface area contributed by atoms with Gasteiger partial charge in [0.25, 0.3) is 0 Å². The lowest BCUT2D eigenvalue weighted by Crippen LogP contribution is -2.25. The SMILES string of the molecule is C=CC1CCC(C2CCC(c3cc4c(c(F)c3F)-c3c-4ccc(OCC)c3F)CC2)CC1. The first-order valence-electron chi connectivity index (χ1n) is 12.1. The Labute approximate surface area is 188 Å². The Morgan fingerprint density at radius 3 is 2.09 bits per heavy atom. The highest BCUT2D eigenvalue weighted by molar-refractivity contribution is 6.03. The lowest BCUT2D eigenvalue weighted by Gasteiger charge is -2.38. The minimum Gasteiger partial charge on any atom is -0.491 e. The fraction of sp³-hybridized carbons (Fsp3) is 0.500. The van der Waals surface area contributed by atoms with Gasteiger partial charge >= 0.3 is 0 Å². The summed E-state index contributed by atoms with van der Waals surface area (Å²) in [7, 11) is 0. The van der Waals surface area contributed by atoms with Crippen molar-refractivity contribution in [1.82, 2.24) is 0 Å².